The van der Waals surface area contributed by atoms with Gasteiger partial charge >= 0.3 is 0 Å². The molecule has 0 aliphatic carbocycles. The molecule has 0 spiro atoms. The minimum Gasteiger partial charge on any atom is -0.303 e. The first-order chi connectivity index (χ1) is 9.57. The van der Waals surface area contributed by atoms with Crippen LogP contribution in [0.3, 0.4) is 0 Å². The zero-order valence-corrected chi connectivity index (χ0v) is 12.6. The molecule has 5 heteroatoms. The van der Waals surface area contributed by atoms with Crippen molar-refractivity contribution in [2.45, 2.75) is 37.5 Å². The van der Waals surface area contributed by atoms with Crippen molar-refractivity contribution in [3.63, 3.8) is 0 Å². The average molecular weight is 295 g/mol. The third-order valence-corrected chi connectivity index (χ3v) is 5.70. The molecule has 1 aromatic rings. The van der Waals surface area contributed by atoms with E-state index in [1.165, 1.54) is 4.31 Å². The summed E-state index contributed by atoms with van der Waals surface area (Å²) in [5.41, 5.74) is 1.16. The van der Waals surface area contributed by atoms with E-state index in [9.17, 15) is 13.2 Å². The van der Waals surface area contributed by atoms with Crippen LogP contribution in [0, 0.1) is 5.92 Å². The Labute approximate surface area is 120 Å². The summed E-state index contributed by atoms with van der Waals surface area (Å²) in [4.78, 5) is 11.1. The fourth-order valence-electron chi connectivity index (χ4n) is 2.52. The lowest BCUT2D eigenvalue weighted by Crippen LogP contribution is -2.38. The molecule has 110 valence electrons. The Balaban J connectivity index is 2.12. The summed E-state index contributed by atoms with van der Waals surface area (Å²) in [7, 11) is -3.41. The largest absolute Gasteiger partial charge is 0.303 e. The lowest BCUT2D eigenvalue weighted by atomic mass is 10.0. The Bertz CT molecular complexity index is 543. The van der Waals surface area contributed by atoms with Gasteiger partial charge in [0.05, 0.1) is 4.90 Å². The molecule has 0 amide bonds. The van der Waals surface area contributed by atoms with Gasteiger partial charge in [-0.3, -0.25) is 0 Å². The number of benzene rings is 1. The smallest absolute Gasteiger partial charge is 0.243 e. The minimum absolute atomic E-state index is 0.00776. The molecule has 1 aromatic carbocycles. The number of rotatable bonds is 5. The monoisotopic (exact) mass is 295 g/mol. The molecule has 0 unspecified atom stereocenters. The quantitative estimate of drug-likeness (QED) is 0.783. The van der Waals surface area contributed by atoms with E-state index in [4.69, 9.17) is 0 Å². The van der Waals surface area contributed by atoms with Gasteiger partial charge in [0.15, 0.2) is 0 Å². The van der Waals surface area contributed by atoms with Gasteiger partial charge in [-0.2, -0.15) is 4.31 Å². The van der Waals surface area contributed by atoms with Gasteiger partial charge in [0.25, 0.3) is 0 Å². The first-order valence-corrected chi connectivity index (χ1v) is 8.56. The molecular formula is C15H21NO3S. The summed E-state index contributed by atoms with van der Waals surface area (Å²) in [6, 6.07) is 7.14. The Morgan fingerprint density at radius 3 is 2.30 bits per heavy atom. The van der Waals surface area contributed by atoms with Crippen molar-refractivity contribution in [2.75, 3.05) is 13.1 Å². The van der Waals surface area contributed by atoms with E-state index in [1.807, 2.05) is 12.1 Å². The SMILES string of the molecule is CCCc1ccc(S(=O)(=O)N2CCC(C=O)CC2)cc1. The van der Waals surface area contributed by atoms with Crippen molar-refractivity contribution in [3.8, 4) is 0 Å². The van der Waals surface area contributed by atoms with E-state index in [1.54, 1.807) is 12.1 Å². The van der Waals surface area contributed by atoms with Crippen molar-refractivity contribution < 1.29 is 13.2 Å². The zero-order valence-electron chi connectivity index (χ0n) is 11.8. The topological polar surface area (TPSA) is 54.5 Å². The Morgan fingerprint density at radius 1 is 1.20 bits per heavy atom. The predicted octanol–water partition coefficient (Wildman–Crippen LogP) is 2.24. The van der Waals surface area contributed by atoms with E-state index >= 15 is 0 Å². The Morgan fingerprint density at radius 2 is 1.80 bits per heavy atom. The van der Waals surface area contributed by atoms with Crippen LogP contribution in [0.5, 0.6) is 0 Å². The average Bonchev–Trinajstić information content (AvgIpc) is 2.48. The van der Waals surface area contributed by atoms with E-state index in [2.05, 4.69) is 6.92 Å². The lowest BCUT2D eigenvalue weighted by Gasteiger charge is -2.28. The Kier molecular flexibility index (Phi) is 4.94. The maximum Gasteiger partial charge on any atom is 0.243 e. The number of sulfonamides is 1. The number of carbonyl (C=O) groups excluding carboxylic acids is 1. The third-order valence-electron chi connectivity index (χ3n) is 3.79. The fourth-order valence-corrected chi connectivity index (χ4v) is 3.99. The number of aldehydes is 1. The summed E-state index contributed by atoms with van der Waals surface area (Å²) in [5, 5.41) is 0. The van der Waals surface area contributed by atoms with Gasteiger partial charge in [-0.15, -0.1) is 0 Å². The Hall–Kier alpha value is -1.20. The highest BCUT2D eigenvalue weighted by Crippen LogP contribution is 2.23. The number of carbonyl (C=O) groups is 1. The van der Waals surface area contributed by atoms with Crippen LogP contribution in [0.15, 0.2) is 29.2 Å². The van der Waals surface area contributed by atoms with Crippen LogP contribution in [0.4, 0.5) is 0 Å². The van der Waals surface area contributed by atoms with Crippen molar-refractivity contribution in [1.82, 2.24) is 4.31 Å². The van der Waals surface area contributed by atoms with Gasteiger partial charge in [0.1, 0.15) is 6.29 Å². The highest BCUT2D eigenvalue weighted by atomic mass is 32.2. The van der Waals surface area contributed by atoms with E-state index in [0.717, 1.165) is 24.7 Å². The first-order valence-electron chi connectivity index (χ1n) is 7.12. The third kappa shape index (κ3) is 3.27. The summed E-state index contributed by atoms with van der Waals surface area (Å²) in [5.74, 6) is 0.00776. The van der Waals surface area contributed by atoms with Crippen LogP contribution >= 0.6 is 0 Å². The van der Waals surface area contributed by atoms with Gasteiger partial charge in [-0.1, -0.05) is 25.5 Å². The van der Waals surface area contributed by atoms with Gasteiger partial charge in [0.2, 0.25) is 10.0 Å². The molecule has 1 fully saturated rings. The van der Waals surface area contributed by atoms with Crippen LogP contribution in [-0.2, 0) is 21.2 Å². The van der Waals surface area contributed by atoms with Crippen LogP contribution in [0.1, 0.15) is 31.7 Å². The van der Waals surface area contributed by atoms with Gasteiger partial charge in [0, 0.05) is 19.0 Å². The molecule has 1 aliphatic heterocycles. The standard InChI is InChI=1S/C15H21NO3S/c1-2-3-13-4-6-15(7-5-13)20(18,19)16-10-8-14(12-17)9-11-16/h4-7,12,14H,2-3,8-11H2,1H3. The highest BCUT2D eigenvalue weighted by molar-refractivity contribution is 7.89. The summed E-state index contributed by atoms with van der Waals surface area (Å²) < 4.78 is 26.5. The lowest BCUT2D eigenvalue weighted by molar-refractivity contribution is -0.112. The number of aryl methyl sites for hydroxylation is 1. The summed E-state index contributed by atoms with van der Waals surface area (Å²) >= 11 is 0. The summed E-state index contributed by atoms with van der Waals surface area (Å²) in [6.45, 7) is 2.97. The molecule has 0 aromatic heterocycles. The molecular weight excluding hydrogens is 274 g/mol. The van der Waals surface area contributed by atoms with Crippen LogP contribution < -0.4 is 0 Å². The number of nitrogens with zero attached hydrogens (tertiary/aromatic N) is 1. The molecule has 4 nitrogen and oxygen atoms in total. The molecule has 0 saturated carbocycles. The van der Waals surface area contributed by atoms with E-state index in [0.29, 0.717) is 30.8 Å². The molecule has 1 saturated heterocycles. The van der Waals surface area contributed by atoms with Gasteiger partial charge in [-0.25, -0.2) is 8.42 Å². The van der Waals surface area contributed by atoms with E-state index < -0.39 is 10.0 Å². The molecule has 0 N–H and O–H groups in total. The van der Waals surface area contributed by atoms with Gasteiger partial charge in [-0.05, 0) is 37.0 Å². The van der Waals surface area contributed by atoms with Crippen molar-refractivity contribution in [1.29, 1.82) is 0 Å². The molecule has 0 radical (unpaired) electrons. The van der Waals surface area contributed by atoms with Crippen LogP contribution in [0.2, 0.25) is 0 Å². The fraction of sp³-hybridized carbons (Fsp3) is 0.533. The van der Waals surface area contributed by atoms with Gasteiger partial charge < -0.3 is 4.79 Å². The van der Waals surface area contributed by atoms with E-state index in [-0.39, 0.29) is 5.92 Å². The molecule has 1 aliphatic rings. The first kappa shape index (κ1) is 15.2. The second kappa shape index (κ2) is 6.50. The molecule has 0 bridgehead atoms. The van der Waals surface area contributed by atoms with Crippen molar-refractivity contribution in [2.24, 2.45) is 5.92 Å². The number of hydrogen-bond donors (Lipinski definition) is 0. The second-order valence-corrected chi connectivity index (χ2v) is 7.21. The molecule has 20 heavy (non-hydrogen) atoms. The second-order valence-electron chi connectivity index (χ2n) is 5.27. The number of piperidine rings is 1. The normalized spacial score (nSPS) is 18.1. The summed E-state index contributed by atoms with van der Waals surface area (Å²) in [6.07, 6.45) is 4.19. The molecule has 0 atom stereocenters. The number of hydrogen-bond acceptors (Lipinski definition) is 3. The predicted molar refractivity (Wildman–Crippen MR) is 78.0 cm³/mol. The maximum absolute atomic E-state index is 12.5. The van der Waals surface area contributed by atoms with Crippen molar-refractivity contribution in [3.05, 3.63) is 29.8 Å². The van der Waals surface area contributed by atoms with Crippen LogP contribution in [-0.4, -0.2) is 32.1 Å². The van der Waals surface area contributed by atoms with Crippen LogP contribution in [0.25, 0.3) is 0 Å². The minimum atomic E-state index is -3.41. The highest BCUT2D eigenvalue weighted by Gasteiger charge is 2.28. The molecule has 2 rings (SSSR count). The van der Waals surface area contributed by atoms with Crippen molar-refractivity contribution >= 4 is 16.3 Å². The zero-order chi connectivity index (χ0) is 14.6. The molecule has 1 heterocycles. The maximum atomic E-state index is 12.5.